The summed E-state index contributed by atoms with van der Waals surface area (Å²) in [5.41, 5.74) is 8.28. The van der Waals surface area contributed by atoms with Gasteiger partial charge in [-0.1, -0.05) is 36.4 Å². The standard InChI is InChI=1S/C23H23N3/c1-15-9-8-13-19(16(15)2)26-23(21-12-6-7-14-24-21)22-17(3)25-20-11-5-4-10-18(20)22/h4-14,23,25-26H,1-3H3. The average molecular weight is 341 g/mol. The number of benzene rings is 2. The largest absolute Gasteiger partial charge is 0.372 e. The lowest BCUT2D eigenvalue weighted by molar-refractivity contribution is 0.881. The molecule has 2 heterocycles. The van der Waals surface area contributed by atoms with Crippen LogP contribution in [0.1, 0.15) is 34.1 Å². The van der Waals surface area contributed by atoms with Crippen LogP contribution in [0.2, 0.25) is 0 Å². The summed E-state index contributed by atoms with van der Waals surface area (Å²) in [5, 5.41) is 4.99. The molecule has 1 atom stereocenters. The van der Waals surface area contributed by atoms with Crippen molar-refractivity contribution in [3.63, 3.8) is 0 Å². The molecule has 4 rings (SSSR count). The zero-order valence-electron chi connectivity index (χ0n) is 15.4. The molecule has 0 saturated heterocycles. The van der Waals surface area contributed by atoms with Crippen LogP contribution in [-0.2, 0) is 0 Å². The molecule has 1 unspecified atom stereocenters. The monoisotopic (exact) mass is 341 g/mol. The van der Waals surface area contributed by atoms with E-state index < -0.39 is 0 Å². The van der Waals surface area contributed by atoms with Gasteiger partial charge < -0.3 is 10.3 Å². The summed E-state index contributed by atoms with van der Waals surface area (Å²) >= 11 is 0. The number of aromatic nitrogens is 2. The molecule has 0 spiro atoms. The van der Waals surface area contributed by atoms with E-state index in [-0.39, 0.29) is 6.04 Å². The molecule has 2 aromatic heterocycles. The molecule has 0 fully saturated rings. The minimum Gasteiger partial charge on any atom is -0.372 e. The highest BCUT2D eigenvalue weighted by Crippen LogP contribution is 2.34. The second-order valence-corrected chi connectivity index (χ2v) is 6.79. The molecule has 4 aromatic rings. The number of fused-ring (bicyclic) bond motifs is 1. The lowest BCUT2D eigenvalue weighted by Crippen LogP contribution is -2.15. The fourth-order valence-corrected chi connectivity index (χ4v) is 3.57. The zero-order valence-corrected chi connectivity index (χ0v) is 15.4. The Labute approximate surface area is 154 Å². The Morgan fingerprint density at radius 3 is 2.50 bits per heavy atom. The molecule has 26 heavy (non-hydrogen) atoms. The van der Waals surface area contributed by atoms with E-state index in [9.17, 15) is 0 Å². The summed E-state index contributed by atoms with van der Waals surface area (Å²) < 4.78 is 0. The van der Waals surface area contributed by atoms with Gasteiger partial charge in [-0.2, -0.15) is 0 Å². The summed E-state index contributed by atoms with van der Waals surface area (Å²) in [6, 6.07) is 20.9. The number of hydrogen-bond acceptors (Lipinski definition) is 2. The van der Waals surface area contributed by atoms with Gasteiger partial charge in [0.1, 0.15) is 0 Å². The topological polar surface area (TPSA) is 40.7 Å². The van der Waals surface area contributed by atoms with Crippen molar-refractivity contribution < 1.29 is 0 Å². The van der Waals surface area contributed by atoms with E-state index in [0.29, 0.717) is 0 Å². The van der Waals surface area contributed by atoms with Gasteiger partial charge in [-0.3, -0.25) is 4.98 Å². The number of aromatic amines is 1. The Morgan fingerprint density at radius 1 is 0.885 bits per heavy atom. The van der Waals surface area contributed by atoms with Crippen LogP contribution in [0.3, 0.4) is 0 Å². The molecule has 0 saturated carbocycles. The number of hydrogen-bond donors (Lipinski definition) is 2. The molecule has 2 N–H and O–H groups in total. The first-order valence-electron chi connectivity index (χ1n) is 8.96. The Hall–Kier alpha value is -3.07. The van der Waals surface area contributed by atoms with Gasteiger partial charge in [-0.25, -0.2) is 0 Å². The Balaban J connectivity index is 1.89. The number of anilines is 1. The van der Waals surface area contributed by atoms with Crippen molar-refractivity contribution in [1.29, 1.82) is 0 Å². The van der Waals surface area contributed by atoms with Gasteiger partial charge in [0, 0.05) is 34.0 Å². The quantitative estimate of drug-likeness (QED) is 0.500. The van der Waals surface area contributed by atoms with E-state index in [1.165, 1.54) is 27.8 Å². The number of nitrogens with one attached hydrogen (secondary N) is 2. The van der Waals surface area contributed by atoms with Crippen molar-refractivity contribution in [2.24, 2.45) is 0 Å². The molecular formula is C23H23N3. The third-order valence-electron chi connectivity index (χ3n) is 5.12. The predicted molar refractivity (Wildman–Crippen MR) is 109 cm³/mol. The Morgan fingerprint density at radius 2 is 1.69 bits per heavy atom. The van der Waals surface area contributed by atoms with Crippen LogP contribution in [0, 0.1) is 20.8 Å². The molecule has 3 heteroatoms. The minimum absolute atomic E-state index is 0.0205. The summed E-state index contributed by atoms with van der Waals surface area (Å²) in [7, 11) is 0. The zero-order chi connectivity index (χ0) is 18.1. The van der Waals surface area contributed by atoms with Gasteiger partial charge in [-0.05, 0) is 56.2 Å². The smallest absolute Gasteiger partial charge is 0.0963 e. The van der Waals surface area contributed by atoms with E-state index in [0.717, 1.165) is 16.9 Å². The number of pyridine rings is 1. The van der Waals surface area contributed by atoms with E-state index in [1.807, 2.05) is 18.3 Å². The van der Waals surface area contributed by atoms with E-state index in [4.69, 9.17) is 0 Å². The molecule has 130 valence electrons. The van der Waals surface area contributed by atoms with Crippen molar-refractivity contribution in [1.82, 2.24) is 9.97 Å². The van der Waals surface area contributed by atoms with Gasteiger partial charge in [-0.15, -0.1) is 0 Å². The number of para-hydroxylation sites is 1. The van der Waals surface area contributed by atoms with E-state index >= 15 is 0 Å². The number of nitrogens with zero attached hydrogens (tertiary/aromatic N) is 1. The summed E-state index contributed by atoms with van der Waals surface area (Å²) in [4.78, 5) is 8.18. The van der Waals surface area contributed by atoms with Crippen LogP contribution < -0.4 is 5.32 Å². The first-order valence-corrected chi connectivity index (χ1v) is 8.96. The van der Waals surface area contributed by atoms with Crippen LogP contribution in [0.25, 0.3) is 10.9 Å². The second-order valence-electron chi connectivity index (χ2n) is 6.79. The lowest BCUT2D eigenvalue weighted by Gasteiger charge is -2.22. The molecule has 0 aliphatic rings. The van der Waals surface area contributed by atoms with Gasteiger partial charge in [0.15, 0.2) is 0 Å². The first-order chi connectivity index (χ1) is 12.6. The second kappa shape index (κ2) is 6.68. The maximum absolute atomic E-state index is 4.65. The van der Waals surface area contributed by atoms with Gasteiger partial charge in [0.05, 0.1) is 11.7 Å². The highest BCUT2D eigenvalue weighted by molar-refractivity contribution is 5.86. The number of rotatable bonds is 4. The van der Waals surface area contributed by atoms with Crippen LogP contribution >= 0.6 is 0 Å². The Bertz CT molecular complexity index is 1050. The summed E-state index contributed by atoms with van der Waals surface area (Å²) in [6.45, 7) is 6.44. The van der Waals surface area contributed by atoms with Crippen LogP contribution in [0.5, 0.6) is 0 Å². The first kappa shape index (κ1) is 16.4. The third kappa shape index (κ3) is 2.86. The summed E-state index contributed by atoms with van der Waals surface area (Å²) in [6.07, 6.45) is 1.86. The fraction of sp³-hybridized carbons (Fsp3) is 0.174. The molecular weight excluding hydrogens is 318 g/mol. The molecule has 0 radical (unpaired) electrons. The average Bonchev–Trinajstić information content (AvgIpc) is 2.99. The summed E-state index contributed by atoms with van der Waals surface area (Å²) in [5.74, 6) is 0. The Kier molecular flexibility index (Phi) is 4.21. The number of aryl methyl sites for hydroxylation is 2. The molecule has 0 aliphatic heterocycles. The fourth-order valence-electron chi connectivity index (χ4n) is 3.57. The van der Waals surface area contributed by atoms with Crippen molar-refractivity contribution in [3.05, 3.63) is 94.9 Å². The van der Waals surface area contributed by atoms with Crippen LogP contribution in [0.15, 0.2) is 66.9 Å². The van der Waals surface area contributed by atoms with Crippen LogP contribution in [-0.4, -0.2) is 9.97 Å². The van der Waals surface area contributed by atoms with Crippen LogP contribution in [0.4, 0.5) is 5.69 Å². The predicted octanol–water partition coefficient (Wildman–Crippen LogP) is 5.69. The maximum atomic E-state index is 4.65. The molecule has 3 nitrogen and oxygen atoms in total. The SMILES string of the molecule is Cc1cccc(NC(c2ccccn2)c2c(C)[nH]c3ccccc23)c1C. The van der Waals surface area contributed by atoms with Crippen molar-refractivity contribution in [2.45, 2.75) is 26.8 Å². The molecule has 2 aromatic carbocycles. The van der Waals surface area contributed by atoms with E-state index in [2.05, 4.69) is 84.6 Å². The third-order valence-corrected chi connectivity index (χ3v) is 5.12. The lowest BCUT2D eigenvalue weighted by atomic mass is 9.98. The van der Waals surface area contributed by atoms with E-state index in [1.54, 1.807) is 0 Å². The highest BCUT2D eigenvalue weighted by Gasteiger charge is 2.22. The minimum atomic E-state index is -0.0205. The maximum Gasteiger partial charge on any atom is 0.0963 e. The highest BCUT2D eigenvalue weighted by atomic mass is 15.0. The normalized spacial score (nSPS) is 12.3. The molecule has 0 bridgehead atoms. The number of H-pyrrole nitrogens is 1. The van der Waals surface area contributed by atoms with Gasteiger partial charge in [0.25, 0.3) is 0 Å². The van der Waals surface area contributed by atoms with Gasteiger partial charge >= 0.3 is 0 Å². The van der Waals surface area contributed by atoms with Crippen molar-refractivity contribution in [2.75, 3.05) is 5.32 Å². The van der Waals surface area contributed by atoms with Crippen molar-refractivity contribution >= 4 is 16.6 Å². The molecule has 0 amide bonds. The van der Waals surface area contributed by atoms with Crippen molar-refractivity contribution in [3.8, 4) is 0 Å². The molecule has 0 aliphatic carbocycles. The van der Waals surface area contributed by atoms with Gasteiger partial charge in [0.2, 0.25) is 0 Å².